The second-order valence-corrected chi connectivity index (χ2v) is 3.04. The summed E-state index contributed by atoms with van der Waals surface area (Å²) in [6.07, 6.45) is 2.69. The first-order valence-corrected chi connectivity index (χ1v) is 4.58. The molecule has 2 rings (SSSR count). The maximum Gasteiger partial charge on any atom is 0.213 e. The third-order valence-electron chi connectivity index (χ3n) is 2.04. The molecule has 0 aromatic carbocycles. The van der Waals surface area contributed by atoms with Gasteiger partial charge in [0.05, 0.1) is 6.54 Å². The van der Waals surface area contributed by atoms with Crippen LogP contribution in [0.15, 0.2) is 17.2 Å². The zero-order valence-corrected chi connectivity index (χ0v) is 8.64. The largest absolute Gasteiger partial charge is 0.362 e. The molecule has 0 saturated heterocycles. The molecule has 0 spiro atoms. The first-order chi connectivity index (χ1) is 7.81. The second kappa shape index (κ2) is 4.53. The maximum atomic E-state index is 5.30. The van der Waals surface area contributed by atoms with E-state index in [0.29, 0.717) is 24.0 Å². The van der Waals surface area contributed by atoms with Gasteiger partial charge >= 0.3 is 0 Å². The van der Waals surface area contributed by atoms with Gasteiger partial charge in [0.15, 0.2) is 5.82 Å². The Morgan fingerprint density at radius 1 is 1.31 bits per heavy atom. The molecular weight excluding hydrogens is 210 g/mol. The van der Waals surface area contributed by atoms with Gasteiger partial charge in [0.1, 0.15) is 18.0 Å². The first kappa shape index (κ1) is 10.3. The summed E-state index contributed by atoms with van der Waals surface area (Å²) in [5, 5.41) is 6.73. The van der Waals surface area contributed by atoms with Crippen molar-refractivity contribution in [3.05, 3.63) is 24.1 Å². The van der Waals surface area contributed by atoms with E-state index in [1.54, 1.807) is 0 Å². The summed E-state index contributed by atoms with van der Waals surface area (Å²) >= 11 is 0. The van der Waals surface area contributed by atoms with Gasteiger partial charge in [-0.1, -0.05) is 5.16 Å². The molecule has 84 valence electrons. The Balaban J connectivity index is 2.09. The molecule has 0 aliphatic heterocycles. The van der Waals surface area contributed by atoms with Crippen molar-refractivity contribution in [2.45, 2.75) is 13.5 Å². The van der Waals surface area contributed by atoms with Crippen molar-refractivity contribution in [3.63, 3.8) is 0 Å². The van der Waals surface area contributed by atoms with Gasteiger partial charge in [-0.3, -0.25) is 0 Å². The van der Waals surface area contributed by atoms with Crippen LogP contribution in [-0.2, 0) is 6.54 Å². The summed E-state index contributed by atoms with van der Waals surface area (Å²) in [7, 11) is 0. The number of hydrazine groups is 1. The van der Waals surface area contributed by atoms with Crippen molar-refractivity contribution in [2.75, 3.05) is 10.7 Å². The molecule has 0 aliphatic rings. The SMILES string of the molecule is Cc1c(NN)ncnc1NCc1ncon1. The molecule has 0 bridgehead atoms. The summed E-state index contributed by atoms with van der Waals surface area (Å²) in [4.78, 5) is 11.9. The Morgan fingerprint density at radius 3 is 2.81 bits per heavy atom. The number of anilines is 2. The smallest absolute Gasteiger partial charge is 0.213 e. The van der Waals surface area contributed by atoms with Crippen LogP contribution in [0.2, 0.25) is 0 Å². The molecule has 4 N–H and O–H groups in total. The van der Waals surface area contributed by atoms with E-state index in [-0.39, 0.29) is 0 Å². The molecule has 0 unspecified atom stereocenters. The number of nitrogens with zero attached hydrogens (tertiary/aromatic N) is 4. The Kier molecular flexibility index (Phi) is 2.92. The number of hydrogen-bond donors (Lipinski definition) is 3. The van der Waals surface area contributed by atoms with Gasteiger partial charge in [0, 0.05) is 5.56 Å². The highest BCUT2D eigenvalue weighted by Gasteiger charge is 2.06. The van der Waals surface area contributed by atoms with E-state index in [1.165, 1.54) is 12.7 Å². The van der Waals surface area contributed by atoms with Crippen LogP contribution in [0.4, 0.5) is 11.6 Å². The molecule has 2 heterocycles. The van der Waals surface area contributed by atoms with E-state index in [0.717, 1.165) is 5.56 Å². The third-order valence-corrected chi connectivity index (χ3v) is 2.04. The van der Waals surface area contributed by atoms with Crippen LogP contribution < -0.4 is 16.6 Å². The van der Waals surface area contributed by atoms with Gasteiger partial charge in [-0.05, 0) is 6.92 Å². The maximum absolute atomic E-state index is 5.30. The van der Waals surface area contributed by atoms with Crippen LogP contribution in [0.25, 0.3) is 0 Å². The summed E-state index contributed by atoms with van der Waals surface area (Å²) in [5.74, 6) is 7.11. The van der Waals surface area contributed by atoms with E-state index in [4.69, 9.17) is 5.84 Å². The summed E-state index contributed by atoms with van der Waals surface area (Å²) in [6, 6.07) is 0. The van der Waals surface area contributed by atoms with Gasteiger partial charge in [-0.2, -0.15) is 4.98 Å². The number of hydrogen-bond acceptors (Lipinski definition) is 8. The standard InChI is InChI=1S/C8H11N7O/c1-5-7(11-3-12-8(5)14-9)10-2-6-13-4-16-15-6/h3-4H,2,9H2,1H3,(H2,10,11,12,14). The highest BCUT2D eigenvalue weighted by atomic mass is 16.5. The van der Waals surface area contributed by atoms with Crippen LogP contribution in [-0.4, -0.2) is 20.1 Å². The van der Waals surface area contributed by atoms with Crippen molar-refractivity contribution in [3.8, 4) is 0 Å². The van der Waals surface area contributed by atoms with E-state index >= 15 is 0 Å². The fourth-order valence-corrected chi connectivity index (χ4v) is 1.21. The highest BCUT2D eigenvalue weighted by Crippen LogP contribution is 2.17. The summed E-state index contributed by atoms with van der Waals surface area (Å²) in [5.41, 5.74) is 3.32. The minimum atomic E-state index is 0.429. The van der Waals surface area contributed by atoms with Gasteiger partial charge in [0.25, 0.3) is 0 Å². The Morgan fingerprint density at radius 2 is 2.12 bits per heavy atom. The molecule has 0 amide bonds. The zero-order valence-electron chi connectivity index (χ0n) is 8.64. The molecule has 8 nitrogen and oxygen atoms in total. The summed E-state index contributed by atoms with van der Waals surface area (Å²) < 4.78 is 4.61. The molecule has 2 aromatic heterocycles. The lowest BCUT2D eigenvalue weighted by Gasteiger charge is -2.08. The quantitative estimate of drug-likeness (QED) is 0.490. The normalized spacial score (nSPS) is 10.1. The van der Waals surface area contributed by atoms with Crippen LogP contribution in [0.1, 0.15) is 11.4 Å². The Hall–Kier alpha value is -2.22. The average molecular weight is 221 g/mol. The number of aromatic nitrogens is 4. The molecular formula is C8H11N7O. The van der Waals surface area contributed by atoms with Crippen LogP contribution in [0, 0.1) is 6.92 Å². The van der Waals surface area contributed by atoms with Crippen molar-refractivity contribution in [2.24, 2.45) is 5.84 Å². The van der Waals surface area contributed by atoms with E-state index in [2.05, 4.69) is 35.4 Å². The van der Waals surface area contributed by atoms with E-state index in [9.17, 15) is 0 Å². The van der Waals surface area contributed by atoms with Crippen molar-refractivity contribution >= 4 is 11.6 Å². The van der Waals surface area contributed by atoms with Crippen molar-refractivity contribution in [1.29, 1.82) is 0 Å². The highest BCUT2D eigenvalue weighted by molar-refractivity contribution is 5.55. The van der Waals surface area contributed by atoms with Crippen molar-refractivity contribution < 1.29 is 4.52 Å². The summed E-state index contributed by atoms with van der Waals surface area (Å²) in [6.45, 7) is 2.28. The van der Waals surface area contributed by atoms with Crippen LogP contribution in [0.3, 0.4) is 0 Å². The Bertz CT molecular complexity index is 455. The third kappa shape index (κ3) is 2.06. The van der Waals surface area contributed by atoms with Gasteiger partial charge in [-0.15, -0.1) is 0 Å². The monoisotopic (exact) mass is 221 g/mol. The predicted molar refractivity (Wildman–Crippen MR) is 56.2 cm³/mol. The lowest BCUT2D eigenvalue weighted by Crippen LogP contribution is -2.12. The molecule has 0 saturated carbocycles. The van der Waals surface area contributed by atoms with Crippen LogP contribution >= 0.6 is 0 Å². The topological polar surface area (TPSA) is 115 Å². The molecule has 0 aliphatic carbocycles. The number of nitrogen functional groups attached to an aromatic ring is 1. The lowest BCUT2D eigenvalue weighted by molar-refractivity contribution is 0.411. The van der Waals surface area contributed by atoms with E-state index in [1.807, 2.05) is 6.92 Å². The van der Waals surface area contributed by atoms with Gasteiger partial charge in [-0.25, -0.2) is 15.8 Å². The van der Waals surface area contributed by atoms with Gasteiger partial charge in [0.2, 0.25) is 6.39 Å². The molecule has 16 heavy (non-hydrogen) atoms. The number of nitrogens with two attached hydrogens (primary N) is 1. The predicted octanol–water partition coefficient (Wildman–Crippen LogP) is 0.0657. The minimum Gasteiger partial charge on any atom is -0.362 e. The van der Waals surface area contributed by atoms with E-state index < -0.39 is 0 Å². The molecule has 0 fully saturated rings. The molecule has 2 aromatic rings. The average Bonchev–Trinajstić information content (AvgIpc) is 2.81. The zero-order chi connectivity index (χ0) is 11.4. The number of nitrogens with one attached hydrogen (secondary N) is 2. The second-order valence-electron chi connectivity index (χ2n) is 3.04. The Labute approximate surface area is 91.3 Å². The molecule has 0 radical (unpaired) electrons. The number of rotatable bonds is 4. The molecule has 0 atom stereocenters. The fourth-order valence-electron chi connectivity index (χ4n) is 1.21. The molecule has 8 heteroatoms. The van der Waals surface area contributed by atoms with Crippen molar-refractivity contribution in [1.82, 2.24) is 20.1 Å². The minimum absolute atomic E-state index is 0.429. The lowest BCUT2D eigenvalue weighted by atomic mass is 10.3. The van der Waals surface area contributed by atoms with Crippen LogP contribution in [0.5, 0.6) is 0 Å². The fraction of sp³-hybridized carbons (Fsp3) is 0.250. The first-order valence-electron chi connectivity index (χ1n) is 4.58. The van der Waals surface area contributed by atoms with Gasteiger partial charge < -0.3 is 15.3 Å².